The topological polar surface area (TPSA) is 32.7 Å². The summed E-state index contributed by atoms with van der Waals surface area (Å²) in [5.41, 5.74) is -0.233. The Bertz CT molecular complexity index is 324. The standard InChI is InChI=1S/C13H22N2O/c1-9(2)11-6-5-10(3)7-13(11)14-8-12(16)15(13)4/h8-11H,5-7H2,1-4H3/t10-,11-,13+/m1/s1. The maximum Gasteiger partial charge on any atom is 0.266 e. The monoisotopic (exact) mass is 222 g/mol. The second-order valence-electron chi connectivity index (χ2n) is 5.77. The van der Waals surface area contributed by atoms with Crippen molar-refractivity contribution < 1.29 is 4.79 Å². The van der Waals surface area contributed by atoms with E-state index in [1.165, 1.54) is 19.1 Å². The Morgan fingerprint density at radius 1 is 1.50 bits per heavy atom. The summed E-state index contributed by atoms with van der Waals surface area (Å²) in [5, 5.41) is 0. The highest BCUT2D eigenvalue weighted by atomic mass is 16.2. The minimum Gasteiger partial charge on any atom is -0.316 e. The van der Waals surface area contributed by atoms with E-state index in [1.807, 2.05) is 11.9 Å². The second-order valence-corrected chi connectivity index (χ2v) is 5.77. The smallest absolute Gasteiger partial charge is 0.266 e. The molecule has 16 heavy (non-hydrogen) atoms. The van der Waals surface area contributed by atoms with E-state index in [2.05, 4.69) is 25.8 Å². The summed E-state index contributed by atoms with van der Waals surface area (Å²) in [6, 6.07) is 0. The molecule has 0 aromatic heterocycles. The lowest BCUT2D eigenvalue weighted by Crippen LogP contribution is -2.54. The van der Waals surface area contributed by atoms with Gasteiger partial charge < -0.3 is 4.90 Å². The van der Waals surface area contributed by atoms with Gasteiger partial charge in [-0.3, -0.25) is 9.79 Å². The van der Waals surface area contributed by atoms with Gasteiger partial charge in [0.25, 0.3) is 5.91 Å². The van der Waals surface area contributed by atoms with Crippen molar-refractivity contribution in [3.63, 3.8) is 0 Å². The van der Waals surface area contributed by atoms with Crippen molar-refractivity contribution in [3.8, 4) is 0 Å². The number of hydrogen-bond donors (Lipinski definition) is 0. The molecule has 1 fully saturated rings. The zero-order valence-corrected chi connectivity index (χ0v) is 10.7. The van der Waals surface area contributed by atoms with Crippen LogP contribution in [0.25, 0.3) is 0 Å². The predicted molar refractivity (Wildman–Crippen MR) is 65.3 cm³/mol. The van der Waals surface area contributed by atoms with Gasteiger partial charge in [0.2, 0.25) is 0 Å². The molecule has 1 amide bonds. The molecule has 1 heterocycles. The summed E-state index contributed by atoms with van der Waals surface area (Å²) in [6.07, 6.45) is 5.00. The van der Waals surface area contributed by atoms with Gasteiger partial charge in [-0.1, -0.05) is 27.2 Å². The highest BCUT2D eigenvalue weighted by molar-refractivity contribution is 6.28. The molecular weight excluding hydrogens is 200 g/mol. The van der Waals surface area contributed by atoms with E-state index in [0.29, 0.717) is 17.8 Å². The van der Waals surface area contributed by atoms with Gasteiger partial charge in [-0.15, -0.1) is 0 Å². The Balaban J connectivity index is 2.33. The molecule has 3 atom stereocenters. The van der Waals surface area contributed by atoms with Crippen LogP contribution in [0.5, 0.6) is 0 Å². The Kier molecular flexibility index (Phi) is 2.81. The van der Waals surface area contributed by atoms with Crippen LogP contribution < -0.4 is 0 Å². The highest BCUT2D eigenvalue weighted by Crippen LogP contribution is 2.46. The number of aliphatic imine (C=N–C) groups is 1. The molecule has 0 bridgehead atoms. The van der Waals surface area contributed by atoms with Crippen LogP contribution in [0.15, 0.2) is 4.99 Å². The zero-order valence-electron chi connectivity index (χ0n) is 10.7. The molecule has 3 heteroatoms. The van der Waals surface area contributed by atoms with E-state index in [9.17, 15) is 4.79 Å². The Hall–Kier alpha value is -0.860. The number of carbonyl (C=O) groups excluding carboxylic acids is 1. The fraction of sp³-hybridized carbons (Fsp3) is 0.846. The highest BCUT2D eigenvalue weighted by Gasteiger charge is 2.50. The van der Waals surface area contributed by atoms with E-state index in [4.69, 9.17) is 0 Å². The van der Waals surface area contributed by atoms with E-state index in [-0.39, 0.29) is 11.6 Å². The molecule has 1 spiro atoms. The average molecular weight is 222 g/mol. The van der Waals surface area contributed by atoms with Crippen molar-refractivity contribution in [2.45, 2.75) is 45.7 Å². The largest absolute Gasteiger partial charge is 0.316 e. The molecule has 0 N–H and O–H groups in total. The predicted octanol–water partition coefficient (Wildman–Crippen LogP) is 2.32. The normalized spacial score (nSPS) is 39.1. The van der Waals surface area contributed by atoms with Crippen LogP contribution in [0, 0.1) is 17.8 Å². The maximum absolute atomic E-state index is 11.7. The summed E-state index contributed by atoms with van der Waals surface area (Å²) >= 11 is 0. The molecule has 3 nitrogen and oxygen atoms in total. The van der Waals surface area contributed by atoms with Crippen molar-refractivity contribution in [2.75, 3.05) is 7.05 Å². The Morgan fingerprint density at radius 2 is 2.19 bits per heavy atom. The summed E-state index contributed by atoms with van der Waals surface area (Å²) in [7, 11) is 1.91. The molecule has 0 radical (unpaired) electrons. The minimum atomic E-state index is -0.233. The summed E-state index contributed by atoms with van der Waals surface area (Å²) < 4.78 is 0. The number of carbonyl (C=O) groups is 1. The fourth-order valence-corrected chi connectivity index (χ4v) is 3.39. The van der Waals surface area contributed by atoms with Gasteiger partial charge in [0.15, 0.2) is 0 Å². The molecule has 0 unspecified atom stereocenters. The zero-order chi connectivity index (χ0) is 11.9. The quantitative estimate of drug-likeness (QED) is 0.670. The molecule has 1 saturated carbocycles. The van der Waals surface area contributed by atoms with Gasteiger partial charge in [0.05, 0.1) is 6.21 Å². The van der Waals surface area contributed by atoms with E-state index in [1.54, 1.807) is 0 Å². The Labute approximate surface area is 97.9 Å². The summed E-state index contributed by atoms with van der Waals surface area (Å²) in [6.45, 7) is 6.76. The van der Waals surface area contributed by atoms with Crippen LogP contribution in [-0.4, -0.2) is 29.7 Å². The molecule has 90 valence electrons. The fourth-order valence-electron chi connectivity index (χ4n) is 3.39. The Morgan fingerprint density at radius 3 is 2.69 bits per heavy atom. The molecular formula is C13H22N2O. The molecule has 1 aliphatic carbocycles. The summed E-state index contributed by atoms with van der Waals surface area (Å²) in [5.74, 6) is 1.83. The number of amides is 1. The van der Waals surface area contributed by atoms with Crippen molar-refractivity contribution in [1.82, 2.24) is 4.90 Å². The molecule has 1 aliphatic heterocycles. The lowest BCUT2D eigenvalue weighted by atomic mass is 9.69. The first-order chi connectivity index (χ1) is 7.47. The number of rotatable bonds is 1. The van der Waals surface area contributed by atoms with Crippen molar-refractivity contribution >= 4 is 12.1 Å². The van der Waals surface area contributed by atoms with Crippen LogP contribution in [0.2, 0.25) is 0 Å². The SMILES string of the molecule is CC(C)[C@H]1CC[C@@H](C)C[C@@]12N=CC(=O)N2C. The van der Waals surface area contributed by atoms with E-state index >= 15 is 0 Å². The van der Waals surface area contributed by atoms with Crippen molar-refractivity contribution in [3.05, 3.63) is 0 Å². The maximum atomic E-state index is 11.7. The van der Waals surface area contributed by atoms with Gasteiger partial charge in [0, 0.05) is 13.0 Å². The van der Waals surface area contributed by atoms with E-state index in [0.717, 1.165) is 6.42 Å². The van der Waals surface area contributed by atoms with Gasteiger partial charge in [-0.25, -0.2) is 0 Å². The van der Waals surface area contributed by atoms with E-state index < -0.39 is 0 Å². The van der Waals surface area contributed by atoms with Crippen LogP contribution in [0.4, 0.5) is 0 Å². The van der Waals surface area contributed by atoms with Gasteiger partial charge in [-0.05, 0) is 24.7 Å². The first-order valence-corrected chi connectivity index (χ1v) is 6.30. The average Bonchev–Trinajstić information content (AvgIpc) is 2.47. The first kappa shape index (κ1) is 11.6. The van der Waals surface area contributed by atoms with Crippen LogP contribution in [0.1, 0.15) is 40.0 Å². The third-order valence-corrected chi connectivity index (χ3v) is 4.33. The van der Waals surface area contributed by atoms with Crippen molar-refractivity contribution in [2.24, 2.45) is 22.7 Å². The molecule has 2 rings (SSSR count). The lowest BCUT2D eigenvalue weighted by Gasteiger charge is -2.47. The van der Waals surface area contributed by atoms with Crippen molar-refractivity contribution in [1.29, 1.82) is 0 Å². The third kappa shape index (κ3) is 1.57. The minimum absolute atomic E-state index is 0.0692. The number of hydrogen-bond acceptors (Lipinski definition) is 2. The van der Waals surface area contributed by atoms with Gasteiger partial charge >= 0.3 is 0 Å². The second kappa shape index (κ2) is 3.86. The number of nitrogens with zero attached hydrogens (tertiary/aromatic N) is 2. The van der Waals surface area contributed by atoms with Crippen LogP contribution in [0.3, 0.4) is 0 Å². The molecule has 2 aliphatic rings. The third-order valence-electron chi connectivity index (χ3n) is 4.33. The molecule has 0 aromatic carbocycles. The van der Waals surface area contributed by atoms with Crippen LogP contribution in [-0.2, 0) is 4.79 Å². The lowest BCUT2D eigenvalue weighted by molar-refractivity contribution is -0.130. The van der Waals surface area contributed by atoms with Gasteiger partial charge in [-0.2, -0.15) is 0 Å². The van der Waals surface area contributed by atoms with Gasteiger partial charge in [0.1, 0.15) is 5.66 Å². The first-order valence-electron chi connectivity index (χ1n) is 6.30. The molecule has 0 saturated heterocycles. The molecule has 0 aromatic rings. The summed E-state index contributed by atoms with van der Waals surface area (Å²) in [4.78, 5) is 18.2. The van der Waals surface area contributed by atoms with Crippen LogP contribution >= 0.6 is 0 Å².